The van der Waals surface area contributed by atoms with Crippen molar-refractivity contribution < 1.29 is 0 Å². The van der Waals surface area contributed by atoms with Crippen molar-refractivity contribution in [2.24, 2.45) is 0 Å². The van der Waals surface area contributed by atoms with Crippen molar-refractivity contribution in [1.82, 2.24) is 4.98 Å². The van der Waals surface area contributed by atoms with Crippen LogP contribution in [-0.2, 0) is 0 Å². The van der Waals surface area contributed by atoms with Gasteiger partial charge in [0.1, 0.15) is 5.00 Å². The molecule has 5 heterocycles. The van der Waals surface area contributed by atoms with Crippen molar-refractivity contribution in [2.75, 3.05) is 10.0 Å². The molecule has 3 aromatic heterocycles. The minimum absolute atomic E-state index is 0.151. The molecule has 0 bridgehead atoms. The Hall–Kier alpha value is -2.83. The fraction of sp³-hybridized carbons (Fsp3) is 0. The van der Waals surface area contributed by atoms with Crippen molar-refractivity contribution in [3.8, 4) is 11.1 Å². The molecule has 0 unspecified atom stereocenters. The highest BCUT2D eigenvalue weighted by Crippen LogP contribution is 2.53. The van der Waals surface area contributed by atoms with Gasteiger partial charge in [0.2, 0.25) is 0 Å². The van der Waals surface area contributed by atoms with E-state index >= 15 is 0 Å². The smallest absolute Gasteiger partial charge is 0.402 e. The summed E-state index contributed by atoms with van der Waals surface area (Å²) in [7, 11) is 0. The molecule has 2 aromatic carbocycles. The second-order valence-electron chi connectivity index (χ2n) is 6.93. The standard InChI is InChI=1S/C21H12BN3S2/c1-3-7-16-12(5-1)18-14-11-23-10-9-15(14)25-21-19(24-22(25)20(18)26-16)13-6-2-4-8-17(13)27-21/h1-11,24H. The number of pyridine rings is 1. The Bertz CT molecular complexity index is 1390. The van der Waals surface area contributed by atoms with Crippen LogP contribution < -0.4 is 14.8 Å². The molecule has 0 amide bonds. The summed E-state index contributed by atoms with van der Waals surface area (Å²) in [5.74, 6) is 0. The number of nitrogens with one attached hydrogen (secondary N) is 1. The van der Waals surface area contributed by atoms with Crippen LogP contribution in [0.3, 0.4) is 0 Å². The maximum atomic E-state index is 4.46. The van der Waals surface area contributed by atoms with E-state index in [2.05, 4.69) is 69.6 Å². The van der Waals surface area contributed by atoms with Gasteiger partial charge in [-0.05, 0) is 23.6 Å². The van der Waals surface area contributed by atoms with Crippen LogP contribution in [0.1, 0.15) is 0 Å². The molecule has 27 heavy (non-hydrogen) atoms. The van der Waals surface area contributed by atoms with Gasteiger partial charge in [-0.15, -0.1) is 22.7 Å². The quantitative estimate of drug-likeness (QED) is 0.362. The molecular weight excluding hydrogens is 369 g/mol. The summed E-state index contributed by atoms with van der Waals surface area (Å²) in [5.41, 5.74) is 5.07. The zero-order valence-electron chi connectivity index (χ0n) is 14.1. The predicted octanol–water partition coefficient (Wildman–Crippen LogP) is 5.45. The fourth-order valence-electron chi connectivity index (χ4n) is 4.42. The van der Waals surface area contributed by atoms with Crippen molar-refractivity contribution in [1.29, 1.82) is 0 Å². The van der Waals surface area contributed by atoms with E-state index in [1.807, 2.05) is 35.1 Å². The first-order valence-corrected chi connectivity index (χ1v) is 10.6. The molecule has 126 valence electrons. The lowest BCUT2D eigenvalue weighted by Gasteiger charge is -2.30. The van der Waals surface area contributed by atoms with Gasteiger partial charge in [-0.25, -0.2) is 0 Å². The van der Waals surface area contributed by atoms with Gasteiger partial charge in [-0.2, -0.15) is 0 Å². The molecule has 5 aromatic rings. The second-order valence-corrected chi connectivity index (χ2v) is 9.04. The first kappa shape index (κ1) is 14.3. The highest BCUT2D eigenvalue weighted by molar-refractivity contribution is 7.32. The van der Waals surface area contributed by atoms with Gasteiger partial charge in [0, 0.05) is 48.8 Å². The number of nitrogens with zero attached hydrogens (tertiary/aromatic N) is 2. The SMILES string of the molecule is c1ccc2c3c(sc2c1)N1B(N3)c2sc3ccccc3c2-c2cnccc21. The Morgan fingerprint density at radius 2 is 1.67 bits per heavy atom. The molecule has 2 aliphatic heterocycles. The average Bonchev–Trinajstić information content (AvgIpc) is 3.37. The van der Waals surface area contributed by atoms with Crippen LogP contribution in [-0.4, -0.2) is 12.0 Å². The minimum Gasteiger partial charge on any atom is -0.402 e. The zero-order chi connectivity index (χ0) is 17.5. The van der Waals surface area contributed by atoms with Gasteiger partial charge in [0.15, 0.2) is 0 Å². The van der Waals surface area contributed by atoms with Gasteiger partial charge in [-0.3, -0.25) is 4.98 Å². The number of anilines is 3. The highest BCUT2D eigenvalue weighted by atomic mass is 32.1. The number of rotatable bonds is 0. The van der Waals surface area contributed by atoms with E-state index in [1.54, 1.807) is 0 Å². The topological polar surface area (TPSA) is 28.2 Å². The van der Waals surface area contributed by atoms with Crippen LogP contribution in [0.2, 0.25) is 0 Å². The largest absolute Gasteiger partial charge is 0.425 e. The summed E-state index contributed by atoms with van der Waals surface area (Å²) in [6.45, 7) is 0.151. The fourth-order valence-corrected chi connectivity index (χ4v) is 6.89. The summed E-state index contributed by atoms with van der Waals surface area (Å²) in [6.07, 6.45) is 3.93. The molecule has 2 aliphatic rings. The van der Waals surface area contributed by atoms with Crippen molar-refractivity contribution in [2.45, 2.75) is 0 Å². The van der Waals surface area contributed by atoms with E-state index in [-0.39, 0.29) is 6.98 Å². The van der Waals surface area contributed by atoms with Crippen LogP contribution in [0.25, 0.3) is 31.3 Å². The maximum Gasteiger partial charge on any atom is 0.425 e. The molecule has 0 spiro atoms. The van der Waals surface area contributed by atoms with E-state index < -0.39 is 0 Å². The number of thiophene rings is 2. The molecule has 0 atom stereocenters. The van der Waals surface area contributed by atoms with E-state index in [0.29, 0.717) is 0 Å². The molecule has 7 rings (SSSR count). The Balaban J connectivity index is 1.59. The van der Waals surface area contributed by atoms with E-state index in [4.69, 9.17) is 0 Å². The number of hydrogen-bond donors (Lipinski definition) is 1. The lowest BCUT2D eigenvalue weighted by Crippen LogP contribution is -2.49. The summed E-state index contributed by atoms with van der Waals surface area (Å²) in [4.78, 5) is 6.92. The molecule has 1 N–H and O–H groups in total. The molecule has 3 nitrogen and oxygen atoms in total. The third kappa shape index (κ3) is 1.70. The lowest BCUT2D eigenvalue weighted by molar-refractivity contribution is 1.30. The molecule has 6 heteroatoms. The van der Waals surface area contributed by atoms with Crippen molar-refractivity contribution in [3.05, 3.63) is 67.0 Å². The van der Waals surface area contributed by atoms with Crippen LogP contribution in [0.4, 0.5) is 16.4 Å². The maximum absolute atomic E-state index is 4.46. The molecule has 0 fully saturated rings. The number of fused-ring (bicyclic) bond motifs is 12. The van der Waals surface area contributed by atoms with Crippen LogP contribution >= 0.6 is 22.7 Å². The average molecular weight is 381 g/mol. The van der Waals surface area contributed by atoms with Crippen molar-refractivity contribution >= 4 is 71.0 Å². The third-order valence-corrected chi connectivity index (χ3v) is 7.93. The van der Waals surface area contributed by atoms with Crippen molar-refractivity contribution in [3.63, 3.8) is 0 Å². The Morgan fingerprint density at radius 1 is 0.889 bits per heavy atom. The molecule has 0 radical (unpaired) electrons. The van der Waals surface area contributed by atoms with Gasteiger partial charge in [0.05, 0.1) is 5.69 Å². The van der Waals surface area contributed by atoms with Crippen LogP contribution in [0, 0.1) is 0 Å². The zero-order valence-corrected chi connectivity index (χ0v) is 15.8. The summed E-state index contributed by atoms with van der Waals surface area (Å²) in [6, 6.07) is 19.5. The molecule has 0 saturated carbocycles. The van der Waals surface area contributed by atoms with E-state index in [1.165, 1.54) is 52.5 Å². The monoisotopic (exact) mass is 381 g/mol. The molecule has 0 saturated heterocycles. The summed E-state index contributed by atoms with van der Waals surface area (Å²) >= 11 is 3.76. The number of aromatic nitrogens is 1. The Labute approximate surface area is 164 Å². The van der Waals surface area contributed by atoms with Gasteiger partial charge in [0.25, 0.3) is 0 Å². The highest BCUT2D eigenvalue weighted by Gasteiger charge is 2.45. The van der Waals surface area contributed by atoms with Crippen LogP contribution in [0.5, 0.6) is 0 Å². The summed E-state index contributed by atoms with van der Waals surface area (Å²) < 4.78 is 4.04. The Morgan fingerprint density at radius 3 is 2.56 bits per heavy atom. The number of hydrogen-bond acceptors (Lipinski definition) is 5. The predicted molar refractivity (Wildman–Crippen MR) is 118 cm³/mol. The normalized spacial score (nSPS) is 14.1. The molecular formula is C21H12BN3S2. The van der Waals surface area contributed by atoms with Gasteiger partial charge in [-0.1, -0.05) is 36.4 Å². The van der Waals surface area contributed by atoms with Crippen LogP contribution in [0.15, 0.2) is 67.0 Å². The first-order valence-electron chi connectivity index (χ1n) is 8.93. The second kappa shape index (κ2) is 4.91. The summed E-state index contributed by atoms with van der Waals surface area (Å²) in [5, 5.41) is 7.78. The first-order chi connectivity index (χ1) is 13.4. The van der Waals surface area contributed by atoms with E-state index in [0.717, 1.165) is 0 Å². The third-order valence-electron chi connectivity index (χ3n) is 5.53. The number of benzene rings is 2. The van der Waals surface area contributed by atoms with Gasteiger partial charge < -0.3 is 10.0 Å². The minimum atomic E-state index is 0.151. The lowest BCUT2D eigenvalue weighted by atomic mass is 9.67. The Kier molecular flexibility index (Phi) is 2.59. The van der Waals surface area contributed by atoms with E-state index in [9.17, 15) is 0 Å². The van der Waals surface area contributed by atoms with Gasteiger partial charge >= 0.3 is 6.98 Å². The molecule has 0 aliphatic carbocycles.